The molecule has 0 heterocycles. The molecule has 0 aliphatic heterocycles. The van der Waals surface area contributed by atoms with Gasteiger partial charge in [0.25, 0.3) is 0 Å². The van der Waals surface area contributed by atoms with Crippen LogP contribution in [-0.2, 0) is 18.6 Å². The molecule has 0 N–H and O–H groups in total. The van der Waals surface area contributed by atoms with Gasteiger partial charge < -0.3 is 0 Å². The normalized spacial score (nSPS) is 13.6. The van der Waals surface area contributed by atoms with Gasteiger partial charge in [0.2, 0.25) is 0 Å². The predicted octanol–water partition coefficient (Wildman–Crippen LogP) is 7.58. The largest absolute Gasteiger partial charge is 0.338 e. The van der Waals surface area contributed by atoms with Gasteiger partial charge in [0.15, 0.2) is 4.07 Å². The van der Waals surface area contributed by atoms with Crippen molar-refractivity contribution in [2.75, 3.05) is 0 Å². The third-order valence-electron chi connectivity index (χ3n) is 5.41. The van der Waals surface area contributed by atoms with Crippen LogP contribution in [0.3, 0.4) is 0 Å². The molecule has 0 amide bonds. The first-order chi connectivity index (χ1) is 13.6. The van der Waals surface area contributed by atoms with Crippen LogP contribution in [0.25, 0.3) is 0 Å². The maximum Gasteiger partial charge on any atom is 0.338 e. The minimum Gasteiger partial charge on any atom is -0.235 e. The Morgan fingerprint density at radius 1 is 0.714 bits per heavy atom. The van der Waals surface area contributed by atoms with Gasteiger partial charge in [-0.05, 0) is 23.1 Å². The molecule has 1 unspecified atom stereocenters. The molecule has 0 aliphatic rings. The number of hydrogen-bond acceptors (Lipinski definition) is 2. The molecule has 1 atom stereocenters. The van der Waals surface area contributed by atoms with Crippen molar-refractivity contribution in [3.63, 3.8) is 0 Å². The average molecular weight is 455 g/mol. The highest BCUT2D eigenvalue weighted by atomic mass is 79.9. The van der Waals surface area contributed by atoms with Crippen LogP contribution in [0.1, 0.15) is 42.9 Å². The lowest BCUT2D eigenvalue weighted by atomic mass is 9.67. The third kappa shape index (κ3) is 3.54. The summed E-state index contributed by atoms with van der Waals surface area (Å²) in [6.45, 7) is 2.14. The Morgan fingerprint density at radius 2 is 1.11 bits per heavy atom. The van der Waals surface area contributed by atoms with Crippen LogP contribution >= 0.6 is 23.6 Å². The first kappa shape index (κ1) is 20.8. The number of unbranched alkanes of at least 4 members (excludes halogenated alkanes) is 1. The molecule has 144 valence electrons. The molecule has 2 nitrogen and oxygen atoms in total. The quantitative estimate of drug-likeness (QED) is 0.259. The van der Waals surface area contributed by atoms with Gasteiger partial charge in [-0.2, -0.15) is 0 Å². The molecule has 28 heavy (non-hydrogen) atoms. The smallest absolute Gasteiger partial charge is 0.235 e. The van der Waals surface area contributed by atoms with Crippen molar-refractivity contribution in [1.82, 2.24) is 0 Å². The fourth-order valence-electron chi connectivity index (χ4n) is 4.06. The second-order valence-corrected chi connectivity index (χ2v) is 9.97. The first-order valence-electron chi connectivity index (χ1n) is 9.57. The highest BCUT2D eigenvalue weighted by Crippen LogP contribution is 2.63. The van der Waals surface area contributed by atoms with Crippen molar-refractivity contribution in [3.05, 3.63) is 108 Å². The van der Waals surface area contributed by atoms with Crippen LogP contribution in [0.4, 0.5) is 0 Å². The van der Waals surface area contributed by atoms with E-state index in [4.69, 9.17) is 0 Å². The van der Waals surface area contributed by atoms with Gasteiger partial charge in [-0.3, -0.25) is 0 Å². The molecule has 0 spiro atoms. The number of alkyl halides is 1. The lowest BCUT2D eigenvalue weighted by Crippen LogP contribution is -2.43. The minimum absolute atomic E-state index is 0.709. The predicted molar refractivity (Wildman–Crippen MR) is 119 cm³/mol. The molecule has 0 saturated heterocycles. The van der Waals surface area contributed by atoms with Gasteiger partial charge >= 0.3 is 7.68 Å². The summed E-state index contributed by atoms with van der Waals surface area (Å²) in [5, 5.41) is 0. The zero-order valence-corrected chi connectivity index (χ0v) is 18.4. The van der Waals surface area contributed by atoms with E-state index in [-0.39, 0.29) is 0 Å². The van der Waals surface area contributed by atoms with Crippen LogP contribution in [0.2, 0.25) is 0 Å². The maximum atomic E-state index is 13.0. The molecule has 0 fully saturated rings. The second kappa shape index (κ2) is 9.03. The summed E-state index contributed by atoms with van der Waals surface area (Å²) in [5.74, 6) is 0. The van der Waals surface area contributed by atoms with Gasteiger partial charge in [0, 0.05) is 0 Å². The summed E-state index contributed by atoms with van der Waals surface area (Å²) in [5.41, 5.74) is 1.97. The molecule has 0 saturated carbocycles. The standard InChI is InChI=1S/C24H24BrO2P/c1-2-3-19-23(20-13-7-4-8-14-20,21-15-9-5-10-16-21)24(25,28(26)27)22-17-11-6-12-18-22/h4-18H,2-3,19H2,1H3. The van der Waals surface area contributed by atoms with Crippen LogP contribution in [0.15, 0.2) is 91.0 Å². The van der Waals surface area contributed by atoms with Gasteiger partial charge in [-0.15, -0.1) is 0 Å². The number of hydrogen-bond donors (Lipinski definition) is 0. The summed E-state index contributed by atoms with van der Waals surface area (Å²) in [6, 6.07) is 29.5. The van der Waals surface area contributed by atoms with Crippen LogP contribution in [-0.4, -0.2) is 0 Å². The van der Waals surface area contributed by atoms with Gasteiger partial charge in [-0.1, -0.05) is 127 Å². The topological polar surface area (TPSA) is 34.1 Å². The molecule has 0 aliphatic carbocycles. The second-order valence-electron chi connectivity index (χ2n) is 6.99. The summed E-state index contributed by atoms with van der Waals surface area (Å²) >= 11 is 3.79. The van der Waals surface area contributed by atoms with Crippen LogP contribution < -0.4 is 0 Å². The van der Waals surface area contributed by atoms with Gasteiger partial charge in [-0.25, -0.2) is 9.13 Å². The Balaban J connectivity index is 2.43. The van der Waals surface area contributed by atoms with Crippen molar-refractivity contribution in [3.8, 4) is 0 Å². The molecule has 0 aromatic heterocycles. The van der Waals surface area contributed by atoms with Gasteiger partial charge in [0.05, 0.1) is 5.41 Å². The number of rotatable bonds is 8. The molecular formula is C24H24BrO2P. The highest BCUT2D eigenvalue weighted by molar-refractivity contribution is 9.10. The Labute approximate surface area is 176 Å². The number of halogens is 1. The van der Waals surface area contributed by atoms with E-state index in [2.05, 4.69) is 22.9 Å². The van der Waals surface area contributed by atoms with Crippen LogP contribution in [0.5, 0.6) is 0 Å². The van der Waals surface area contributed by atoms with Crippen molar-refractivity contribution in [1.29, 1.82) is 0 Å². The molecule has 3 rings (SSSR count). The molecule has 0 radical (unpaired) electrons. The van der Waals surface area contributed by atoms with E-state index in [9.17, 15) is 9.13 Å². The summed E-state index contributed by atoms with van der Waals surface area (Å²) in [7, 11) is -2.86. The van der Waals surface area contributed by atoms with E-state index in [0.717, 1.165) is 29.5 Å². The Hall–Kier alpha value is -1.96. The monoisotopic (exact) mass is 454 g/mol. The van der Waals surface area contributed by atoms with Crippen molar-refractivity contribution >= 4 is 23.6 Å². The third-order valence-corrected chi connectivity index (χ3v) is 8.56. The molecule has 3 aromatic carbocycles. The highest BCUT2D eigenvalue weighted by Gasteiger charge is 2.57. The van der Waals surface area contributed by atoms with Crippen molar-refractivity contribution < 1.29 is 9.13 Å². The zero-order valence-electron chi connectivity index (χ0n) is 15.9. The lowest BCUT2D eigenvalue weighted by molar-refractivity contribution is 0.393. The fourth-order valence-corrected chi connectivity index (χ4v) is 6.02. The Kier molecular flexibility index (Phi) is 6.69. The Morgan fingerprint density at radius 3 is 1.46 bits per heavy atom. The summed E-state index contributed by atoms with van der Waals surface area (Å²) in [6.07, 6.45) is 2.60. The van der Waals surface area contributed by atoms with E-state index >= 15 is 0 Å². The average Bonchev–Trinajstić information content (AvgIpc) is 2.76. The molecule has 0 bridgehead atoms. The zero-order chi connectivity index (χ0) is 20.0. The fraction of sp³-hybridized carbons (Fsp3) is 0.250. The minimum atomic E-state index is -2.86. The van der Waals surface area contributed by atoms with Crippen molar-refractivity contribution in [2.24, 2.45) is 0 Å². The molecular weight excluding hydrogens is 431 g/mol. The van der Waals surface area contributed by atoms with Gasteiger partial charge in [0.1, 0.15) is 0 Å². The lowest BCUT2D eigenvalue weighted by Gasteiger charge is -2.45. The summed E-state index contributed by atoms with van der Waals surface area (Å²) < 4.78 is 24.7. The maximum absolute atomic E-state index is 13.0. The van der Waals surface area contributed by atoms with E-state index < -0.39 is 17.2 Å². The molecule has 3 aromatic rings. The van der Waals surface area contributed by atoms with E-state index in [1.807, 2.05) is 91.0 Å². The van der Waals surface area contributed by atoms with E-state index in [1.54, 1.807) is 0 Å². The van der Waals surface area contributed by atoms with Crippen molar-refractivity contribution in [2.45, 2.75) is 35.7 Å². The van der Waals surface area contributed by atoms with Crippen LogP contribution in [0, 0.1) is 0 Å². The molecule has 4 heteroatoms. The van der Waals surface area contributed by atoms with E-state index in [1.165, 1.54) is 0 Å². The summed E-state index contributed by atoms with van der Waals surface area (Å²) in [4.78, 5) is 0. The Bertz CT molecular complexity index is 908. The SMILES string of the molecule is CCCCC(c1ccccc1)(c1ccccc1)C(Br)(c1ccccc1)P(=O)=O. The number of benzene rings is 3. The van der Waals surface area contributed by atoms with E-state index in [0.29, 0.717) is 6.42 Å². The first-order valence-corrected chi connectivity index (χ1v) is 11.5.